The number of para-hydroxylation sites is 1. The van der Waals surface area contributed by atoms with E-state index in [-0.39, 0.29) is 0 Å². The minimum atomic E-state index is 0.964. The highest BCUT2D eigenvalue weighted by Gasteiger charge is 1.97. The second-order valence-corrected chi connectivity index (χ2v) is 5.86. The predicted octanol–water partition coefficient (Wildman–Crippen LogP) is 5.15. The number of thiophene rings is 1. The first-order chi connectivity index (χ1) is 10.4. The summed E-state index contributed by atoms with van der Waals surface area (Å²) in [5, 5.41) is 8.96. The molecule has 2 aromatic carbocycles. The van der Waals surface area contributed by atoms with Crippen LogP contribution in [-0.2, 0) is 6.42 Å². The maximum Gasteiger partial charge on any atom is 0.0385 e. The lowest BCUT2D eigenvalue weighted by Gasteiger charge is -2.09. The van der Waals surface area contributed by atoms with E-state index in [2.05, 4.69) is 64.5 Å². The minimum Gasteiger partial charge on any atom is -0.385 e. The Hall–Kier alpha value is -2.26. The van der Waals surface area contributed by atoms with Crippen LogP contribution in [0.4, 0.5) is 17.1 Å². The quantitative estimate of drug-likeness (QED) is 0.657. The molecule has 3 heteroatoms. The maximum absolute atomic E-state index is 3.45. The van der Waals surface area contributed by atoms with Gasteiger partial charge >= 0.3 is 0 Å². The first-order valence-electron chi connectivity index (χ1n) is 7.08. The Morgan fingerprint density at radius 3 is 2.14 bits per heavy atom. The van der Waals surface area contributed by atoms with Gasteiger partial charge in [-0.15, -0.1) is 11.3 Å². The molecule has 106 valence electrons. The van der Waals surface area contributed by atoms with Crippen LogP contribution in [0.25, 0.3) is 0 Å². The summed E-state index contributed by atoms with van der Waals surface area (Å²) in [7, 11) is 0. The highest BCUT2D eigenvalue weighted by molar-refractivity contribution is 7.09. The van der Waals surface area contributed by atoms with Gasteiger partial charge in [-0.3, -0.25) is 0 Å². The predicted molar refractivity (Wildman–Crippen MR) is 92.7 cm³/mol. The average Bonchev–Trinajstić information content (AvgIpc) is 3.03. The molecule has 0 radical (unpaired) electrons. The largest absolute Gasteiger partial charge is 0.385 e. The Kier molecular flexibility index (Phi) is 4.54. The van der Waals surface area contributed by atoms with Crippen LogP contribution in [0.2, 0.25) is 0 Å². The molecule has 1 aromatic heterocycles. The summed E-state index contributed by atoms with van der Waals surface area (Å²) in [5.41, 5.74) is 3.37. The molecule has 0 spiro atoms. The van der Waals surface area contributed by atoms with Gasteiger partial charge in [0.15, 0.2) is 0 Å². The summed E-state index contributed by atoms with van der Waals surface area (Å²) in [6.45, 7) is 0.964. The fraction of sp³-hybridized carbons (Fsp3) is 0.111. The zero-order valence-electron chi connectivity index (χ0n) is 11.8. The third-order valence-corrected chi connectivity index (χ3v) is 4.16. The molecule has 0 amide bonds. The van der Waals surface area contributed by atoms with Gasteiger partial charge in [0.1, 0.15) is 0 Å². The van der Waals surface area contributed by atoms with Gasteiger partial charge < -0.3 is 10.6 Å². The lowest BCUT2D eigenvalue weighted by molar-refractivity contribution is 1.04. The highest BCUT2D eigenvalue weighted by Crippen LogP contribution is 2.18. The number of nitrogens with one attached hydrogen (secondary N) is 2. The molecular weight excluding hydrogens is 276 g/mol. The SMILES string of the molecule is c1ccc(Nc2ccc(NCCc3cccs3)cc2)cc1. The molecule has 0 saturated carbocycles. The maximum atomic E-state index is 3.45. The van der Waals surface area contributed by atoms with Crippen molar-refractivity contribution in [3.05, 3.63) is 77.0 Å². The van der Waals surface area contributed by atoms with Gasteiger partial charge in [0.25, 0.3) is 0 Å². The molecule has 3 aromatic rings. The lowest BCUT2D eigenvalue weighted by Crippen LogP contribution is -2.03. The van der Waals surface area contributed by atoms with E-state index in [0.717, 1.165) is 30.0 Å². The summed E-state index contributed by atoms with van der Waals surface area (Å²) < 4.78 is 0. The lowest BCUT2D eigenvalue weighted by atomic mass is 10.2. The number of anilines is 3. The average molecular weight is 294 g/mol. The van der Waals surface area contributed by atoms with Gasteiger partial charge in [-0.2, -0.15) is 0 Å². The number of rotatable bonds is 6. The first-order valence-corrected chi connectivity index (χ1v) is 7.96. The van der Waals surface area contributed by atoms with Crippen LogP contribution in [0.1, 0.15) is 4.88 Å². The van der Waals surface area contributed by atoms with Gasteiger partial charge in [0.05, 0.1) is 0 Å². The highest BCUT2D eigenvalue weighted by atomic mass is 32.1. The van der Waals surface area contributed by atoms with Gasteiger partial charge in [-0.05, 0) is 54.3 Å². The summed E-state index contributed by atoms with van der Waals surface area (Å²) >= 11 is 1.81. The Labute approximate surface area is 129 Å². The van der Waals surface area contributed by atoms with E-state index < -0.39 is 0 Å². The molecule has 1 heterocycles. The third kappa shape index (κ3) is 4.10. The topological polar surface area (TPSA) is 24.1 Å². The summed E-state index contributed by atoms with van der Waals surface area (Å²) in [6.07, 6.45) is 1.07. The molecule has 3 rings (SSSR count). The molecule has 0 aliphatic carbocycles. The Morgan fingerprint density at radius 1 is 0.714 bits per heavy atom. The molecule has 21 heavy (non-hydrogen) atoms. The Morgan fingerprint density at radius 2 is 1.43 bits per heavy atom. The van der Waals surface area contributed by atoms with Crippen molar-refractivity contribution >= 4 is 28.4 Å². The molecule has 0 atom stereocenters. The van der Waals surface area contributed by atoms with Gasteiger partial charge in [-0.1, -0.05) is 24.3 Å². The van der Waals surface area contributed by atoms with Gasteiger partial charge in [0, 0.05) is 28.5 Å². The monoisotopic (exact) mass is 294 g/mol. The fourth-order valence-corrected chi connectivity index (χ4v) is 2.85. The zero-order chi connectivity index (χ0) is 14.3. The van der Waals surface area contributed by atoms with E-state index in [1.807, 2.05) is 29.5 Å². The van der Waals surface area contributed by atoms with Crippen molar-refractivity contribution in [3.63, 3.8) is 0 Å². The molecule has 0 fully saturated rings. The zero-order valence-corrected chi connectivity index (χ0v) is 12.6. The van der Waals surface area contributed by atoms with Crippen molar-refractivity contribution in [1.29, 1.82) is 0 Å². The van der Waals surface area contributed by atoms with Crippen LogP contribution >= 0.6 is 11.3 Å². The smallest absolute Gasteiger partial charge is 0.0385 e. The molecule has 0 aliphatic rings. The van der Waals surface area contributed by atoms with Crippen molar-refractivity contribution in [2.45, 2.75) is 6.42 Å². The van der Waals surface area contributed by atoms with E-state index in [0.29, 0.717) is 0 Å². The number of hydrogen-bond donors (Lipinski definition) is 2. The van der Waals surface area contributed by atoms with Crippen LogP contribution in [0.5, 0.6) is 0 Å². The van der Waals surface area contributed by atoms with E-state index in [1.165, 1.54) is 4.88 Å². The molecule has 0 aliphatic heterocycles. The van der Waals surface area contributed by atoms with E-state index >= 15 is 0 Å². The summed E-state index contributed by atoms with van der Waals surface area (Å²) in [6, 6.07) is 22.9. The van der Waals surface area contributed by atoms with Gasteiger partial charge in [-0.25, -0.2) is 0 Å². The summed E-state index contributed by atoms with van der Waals surface area (Å²) in [4.78, 5) is 1.42. The van der Waals surface area contributed by atoms with E-state index in [4.69, 9.17) is 0 Å². The van der Waals surface area contributed by atoms with Crippen molar-refractivity contribution in [1.82, 2.24) is 0 Å². The summed E-state index contributed by atoms with van der Waals surface area (Å²) in [5.74, 6) is 0. The molecule has 0 bridgehead atoms. The van der Waals surface area contributed by atoms with Crippen molar-refractivity contribution < 1.29 is 0 Å². The Balaban J connectivity index is 1.52. The number of hydrogen-bond acceptors (Lipinski definition) is 3. The first kappa shape index (κ1) is 13.7. The van der Waals surface area contributed by atoms with Crippen LogP contribution in [0.15, 0.2) is 72.1 Å². The van der Waals surface area contributed by atoms with Crippen LogP contribution in [-0.4, -0.2) is 6.54 Å². The normalized spacial score (nSPS) is 10.3. The van der Waals surface area contributed by atoms with Crippen molar-refractivity contribution in [2.75, 3.05) is 17.2 Å². The number of benzene rings is 2. The van der Waals surface area contributed by atoms with Crippen LogP contribution in [0.3, 0.4) is 0 Å². The third-order valence-electron chi connectivity index (χ3n) is 3.23. The standard InChI is InChI=1S/C18H18N2S/c1-2-5-16(6-3-1)20-17-10-8-15(9-11-17)19-13-12-18-7-4-14-21-18/h1-11,14,19-20H,12-13H2. The van der Waals surface area contributed by atoms with Crippen LogP contribution < -0.4 is 10.6 Å². The molecule has 2 nitrogen and oxygen atoms in total. The fourth-order valence-electron chi connectivity index (χ4n) is 2.14. The van der Waals surface area contributed by atoms with Crippen LogP contribution in [0, 0.1) is 0 Å². The Bertz CT molecular complexity index is 645. The second-order valence-electron chi connectivity index (χ2n) is 4.82. The van der Waals surface area contributed by atoms with E-state index in [1.54, 1.807) is 0 Å². The van der Waals surface area contributed by atoms with Crippen molar-refractivity contribution in [2.24, 2.45) is 0 Å². The van der Waals surface area contributed by atoms with Gasteiger partial charge in [0.2, 0.25) is 0 Å². The molecular formula is C18H18N2S. The van der Waals surface area contributed by atoms with Crippen molar-refractivity contribution in [3.8, 4) is 0 Å². The minimum absolute atomic E-state index is 0.964. The van der Waals surface area contributed by atoms with E-state index in [9.17, 15) is 0 Å². The molecule has 0 unspecified atom stereocenters. The second kappa shape index (κ2) is 6.95. The molecule has 0 saturated heterocycles. The molecule has 2 N–H and O–H groups in total.